The molecule has 0 aliphatic rings. The Kier molecular flexibility index (Phi) is 5.51. The van der Waals surface area contributed by atoms with Crippen LogP contribution in [0, 0.1) is 0 Å². The Hall–Kier alpha value is -3.62. The van der Waals surface area contributed by atoms with Gasteiger partial charge >= 0.3 is 0 Å². The van der Waals surface area contributed by atoms with Crippen molar-refractivity contribution in [3.05, 3.63) is 95.9 Å². The minimum Gasteiger partial charge on any atom is -0.772 e. The van der Waals surface area contributed by atoms with Gasteiger partial charge < -0.3 is 10.3 Å². The number of nitrogens with two attached hydrogens (primary N) is 1. The predicted molar refractivity (Wildman–Crippen MR) is 114 cm³/mol. The molecule has 4 rings (SSSR count). The van der Waals surface area contributed by atoms with Gasteiger partial charge in [-0.25, -0.2) is 4.68 Å². The Morgan fingerprint density at radius 1 is 1.03 bits per heavy atom. The Morgan fingerprint density at radius 2 is 1.80 bits per heavy atom. The zero-order valence-electron chi connectivity index (χ0n) is 15.8. The highest BCUT2D eigenvalue weighted by atomic mass is 32.2. The van der Waals surface area contributed by atoms with Crippen molar-refractivity contribution >= 4 is 22.7 Å². The summed E-state index contributed by atoms with van der Waals surface area (Å²) in [4.78, 5) is 17.2. The molecule has 2 heterocycles. The summed E-state index contributed by atoms with van der Waals surface area (Å²) in [6.45, 7) is 0. The first-order valence-electron chi connectivity index (χ1n) is 9.07. The van der Waals surface area contributed by atoms with Crippen molar-refractivity contribution in [1.82, 2.24) is 14.8 Å². The molecule has 0 radical (unpaired) electrons. The molecule has 30 heavy (non-hydrogen) atoms. The molecule has 0 spiro atoms. The summed E-state index contributed by atoms with van der Waals surface area (Å²) < 4.78 is 23.1. The molecule has 0 aliphatic heterocycles. The average molecular weight is 417 g/mol. The van der Waals surface area contributed by atoms with E-state index in [1.807, 2.05) is 24.3 Å². The van der Waals surface area contributed by atoms with E-state index in [1.165, 1.54) is 10.9 Å². The number of rotatable bonds is 6. The van der Waals surface area contributed by atoms with Gasteiger partial charge in [0.15, 0.2) is 5.78 Å². The maximum atomic E-state index is 13.1. The highest BCUT2D eigenvalue weighted by Crippen LogP contribution is 2.24. The first kappa shape index (κ1) is 19.7. The van der Waals surface area contributed by atoms with Crippen LogP contribution in [0.1, 0.15) is 21.5 Å². The number of ketones is 1. The summed E-state index contributed by atoms with van der Waals surface area (Å²) in [7, 11) is 0. The Balaban J connectivity index is 1.62. The lowest BCUT2D eigenvalue weighted by Gasteiger charge is -2.08. The van der Waals surface area contributed by atoms with E-state index < -0.39 is 11.1 Å². The number of aromatic nitrogens is 3. The van der Waals surface area contributed by atoms with Gasteiger partial charge in [-0.15, -0.1) is 0 Å². The van der Waals surface area contributed by atoms with Gasteiger partial charge in [0.1, 0.15) is 5.82 Å². The Labute approximate surface area is 175 Å². The third-order valence-electron chi connectivity index (χ3n) is 4.64. The van der Waals surface area contributed by atoms with Gasteiger partial charge in [-0.3, -0.25) is 14.0 Å². The third-order valence-corrected chi connectivity index (χ3v) is 5.21. The number of nitrogens with zero attached hydrogens (tertiary/aromatic N) is 3. The second-order valence-corrected chi connectivity index (χ2v) is 7.52. The molecule has 7 nitrogen and oxygen atoms in total. The van der Waals surface area contributed by atoms with Crippen LogP contribution in [0.3, 0.4) is 0 Å². The van der Waals surface area contributed by atoms with Crippen molar-refractivity contribution in [2.45, 2.75) is 5.75 Å². The molecular weight excluding hydrogens is 400 g/mol. The SMILES string of the molecule is Nc1c(C(=O)c2cccc(-c3cccnc3)c2)cnn1-c1ccc(CS(=O)[O-])cc1. The molecule has 2 N–H and O–H groups in total. The lowest BCUT2D eigenvalue weighted by Crippen LogP contribution is -2.07. The highest BCUT2D eigenvalue weighted by Gasteiger charge is 2.18. The fourth-order valence-electron chi connectivity index (χ4n) is 3.14. The van der Waals surface area contributed by atoms with E-state index in [9.17, 15) is 13.6 Å². The Bertz CT molecular complexity index is 1220. The van der Waals surface area contributed by atoms with E-state index in [1.54, 1.807) is 48.8 Å². The molecule has 1 unspecified atom stereocenters. The maximum Gasteiger partial charge on any atom is 0.198 e. The zero-order valence-corrected chi connectivity index (χ0v) is 16.6. The van der Waals surface area contributed by atoms with Crippen LogP contribution >= 0.6 is 0 Å². The summed E-state index contributed by atoms with van der Waals surface area (Å²) in [5.41, 5.74) is 10.1. The third kappa shape index (κ3) is 4.05. The molecule has 0 amide bonds. The molecule has 2 aromatic carbocycles. The van der Waals surface area contributed by atoms with E-state index >= 15 is 0 Å². The van der Waals surface area contributed by atoms with Gasteiger partial charge in [0.2, 0.25) is 0 Å². The number of carbonyl (C=O) groups excluding carboxylic acids is 1. The van der Waals surface area contributed by atoms with Crippen LogP contribution in [-0.2, 0) is 16.8 Å². The number of anilines is 1. The number of carbonyl (C=O) groups is 1. The summed E-state index contributed by atoms with van der Waals surface area (Å²) in [5, 5.41) is 4.24. The van der Waals surface area contributed by atoms with Crippen LogP contribution in [-0.4, -0.2) is 29.3 Å². The van der Waals surface area contributed by atoms with Crippen molar-refractivity contribution in [3.63, 3.8) is 0 Å². The van der Waals surface area contributed by atoms with Crippen molar-refractivity contribution in [3.8, 4) is 16.8 Å². The average Bonchev–Trinajstić information content (AvgIpc) is 3.15. The van der Waals surface area contributed by atoms with E-state index in [-0.39, 0.29) is 17.4 Å². The van der Waals surface area contributed by atoms with E-state index in [4.69, 9.17) is 5.73 Å². The van der Waals surface area contributed by atoms with E-state index in [0.717, 1.165) is 11.1 Å². The molecule has 150 valence electrons. The summed E-state index contributed by atoms with van der Waals surface area (Å²) >= 11 is -2.16. The van der Waals surface area contributed by atoms with E-state index in [0.29, 0.717) is 22.4 Å². The largest absolute Gasteiger partial charge is 0.772 e. The lowest BCUT2D eigenvalue weighted by atomic mass is 10.00. The first-order valence-corrected chi connectivity index (χ1v) is 10.3. The van der Waals surface area contributed by atoms with Crippen LogP contribution in [0.2, 0.25) is 0 Å². The molecule has 0 bridgehead atoms. The summed E-state index contributed by atoms with van der Waals surface area (Å²) in [5.74, 6) is -0.0823. The van der Waals surface area contributed by atoms with Crippen molar-refractivity contribution < 1.29 is 13.6 Å². The van der Waals surface area contributed by atoms with Gasteiger partial charge in [-0.1, -0.05) is 47.5 Å². The molecule has 0 fully saturated rings. The monoisotopic (exact) mass is 417 g/mol. The standard InChI is InChI=1S/C22H18N4O3S/c23-22-20(13-25-26(22)19-8-6-15(7-9-19)14-30(28)29)21(27)17-4-1-3-16(11-17)18-5-2-10-24-12-18/h1-13H,14,23H2,(H,28,29)/p-1. The zero-order chi connectivity index (χ0) is 21.1. The highest BCUT2D eigenvalue weighted by molar-refractivity contribution is 7.78. The maximum absolute atomic E-state index is 13.1. The minimum atomic E-state index is -2.16. The van der Waals surface area contributed by atoms with Crippen LogP contribution in [0.15, 0.2) is 79.3 Å². The molecule has 4 aromatic rings. The number of pyridine rings is 1. The van der Waals surface area contributed by atoms with Crippen LogP contribution in [0.4, 0.5) is 5.82 Å². The fourth-order valence-corrected chi connectivity index (χ4v) is 3.60. The second-order valence-electron chi connectivity index (χ2n) is 6.62. The van der Waals surface area contributed by atoms with Crippen LogP contribution in [0.25, 0.3) is 16.8 Å². The molecule has 8 heteroatoms. The number of benzene rings is 2. The molecule has 0 saturated carbocycles. The number of hydrogen-bond acceptors (Lipinski definition) is 6. The molecule has 2 aromatic heterocycles. The quantitative estimate of drug-likeness (QED) is 0.381. The van der Waals surface area contributed by atoms with Crippen LogP contribution in [0.5, 0.6) is 0 Å². The van der Waals surface area contributed by atoms with Crippen molar-refractivity contribution in [2.75, 3.05) is 5.73 Å². The van der Waals surface area contributed by atoms with Crippen molar-refractivity contribution in [1.29, 1.82) is 0 Å². The Morgan fingerprint density at radius 3 is 2.50 bits per heavy atom. The molecule has 0 saturated heterocycles. The molecular formula is C22H17N4O3S-. The second kappa shape index (κ2) is 8.40. The van der Waals surface area contributed by atoms with E-state index in [2.05, 4.69) is 10.1 Å². The van der Waals surface area contributed by atoms with Crippen molar-refractivity contribution in [2.24, 2.45) is 0 Å². The lowest BCUT2D eigenvalue weighted by molar-refractivity contribution is 0.103. The van der Waals surface area contributed by atoms with Gasteiger partial charge in [0.05, 0.1) is 17.4 Å². The molecule has 1 atom stereocenters. The van der Waals surface area contributed by atoms with Gasteiger partial charge in [0, 0.05) is 29.3 Å². The van der Waals surface area contributed by atoms with Crippen LogP contribution < -0.4 is 5.73 Å². The minimum absolute atomic E-state index is 0.0636. The predicted octanol–water partition coefficient (Wildman–Crippen LogP) is 3.13. The van der Waals surface area contributed by atoms with Gasteiger partial charge in [-0.05, 0) is 35.4 Å². The molecule has 0 aliphatic carbocycles. The normalized spacial score (nSPS) is 11.9. The first-order chi connectivity index (χ1) is 14.5. The number of nitrogen functional groups attached to an aromatic ring is 1. The smallest absolute Gasteiger partial charge is 0.198 e. The summed E-state index contributed by atoms with van der Waals surface area (Å²) in [6, 6.07) is 17.8. The number of hydrogen-bond donors (Lipinski definition) is 1. The van der Waals surface area contributed by atoms with Gasteiger partial charge in [0.25, 0.3) is 0 Å². The topological polar surface area (TPSA) is 114 Å². The fraction of sp³-hybridized carbons (Fsp3) is 0.0455. The summed E-state index contributed by atoms with van der Waals surface area (Å²) in [6.07, 6.45) is 4.87. The van der Waals surface area contributed by atoms with Gasteiger partial charge in [-0.2, -0.15) is 5.10 Å².